The third-order valence-corrected chi connectivity index (χ3v) is 4.38. The van der Waals surface area contributed by atoms with Gasteiger partial charge in [-0.2, -0.15) is 0 Å². The zero-order chi connectivity index (χ0) is 11.6. The molecule has 0 heterocycles. The fourth-order valence-corrected chi connectivity index (χ4v) is 3.42. The molecule has 0 N–H and O–H groups in total. The van der Waals surface area contributed by atoms with Crippen molar-refractivity contribution < 1.29 is 12.3 Å². The molecule has 4 heteroatoms. The van der Waals surface area contributed by atoms with Crippen LogP contribution in [-0.4, -0.2) is 9.08 Å². The Labute approximate surface area is 95.0 Å². The fourth-order valence-electron chi connectivity index (χ4n) is 2.52. The predicted octanol–water partition coefficient (Wildman–Crippen LogP) is 3.79. The first-order valence-corrected chi connectivity index (χ1v) is 7.38. The molecular formula is C12H15F3Si. The summed E-state index contributed by atoms with van der Waals surface area (Å²) in [5.74, 6) is 0.138. The van der Waals surface area contributed by atoms with Crippen molar-refractivity contribution in [1.29, 1.82) is 0 Å². The maximum Gasteiger partial charge on any atom is 0.653 e. The molecule has 16 heavy (non-hydrogen) atoms. The average molecular weight is 244 g/mol. The SMILES string of the molecule is F[Si](F)(F)c1ccccc1C1CCCCC1. The van der Waals surface area contributed by atoms with Gasteiger partial charge in [0.05, 0.1) is 0 Å². The summed E-state index contributed by atoms with van der Waals surface area (Å²) in [6.07, 6.45) is 5.14. The second-order valence-corrected chi connectivity index (χ2v) is 5.95. The Bertz CT molecular complexity index is 354. The third kappa shape index (κ3) is 2.48. The Morgan fingerprint density at radius 1 is 0.938 bits per heavy atom. The molecule has 2 rings (SSSR count). The largest absolute Gasteiger partial charge is 0.653 e. The Kier molecular flexibility index (Phi) is 3.38. The summed E-state index contributed by atoms with van der Waals surface area (Å²) in [6.45, 7) is 0. The van der Waals surface area contributed by atoms with Crippen molar-refractivity contribution >= 4 is 14.3 Å². The lowest BCUT2D eigenvalue weighted by atomic mass is 9.84. The molecular weight excluding hydrogens is 229 g/mol. The van der Waals surface area contributed by atoms with Crippen LogP contribution in [0, 0.1) is 0 Å². The van der Waals surface area contributed by atoms with E-state index in [4.69, 9.17) is 0 Å². The van der Waals surface area contributed by atoms with E-state index >= 15 is 0 Å². The minimum atomic E-state index is -5.66. The highest BCUT2D eigenvalue weighted by Gasteiger charge is 2.42. The van der Waals surface area contributed by atoms with Crippen LogP contribution in [-0.2, 0) is 0 Å². The van der Waals surface area contributed by atoms with Crippen molar-refractivity contribution in [3.63, 3.8) is 0 Å². The predicted molar refractivity (Wildman–Crippen MR) is 61.0 cm³/mol. The maximum atomic E-state index is 12.9. The minimum absolute atomic E-state index is 0.138. The maximum absolute atomic E-state index is 12.9. The molecule has 1 saturated carbocycles. The van der Waals surface area contributed by atoms with Gasteiger partial charge in [0.1, 0.15) is 0 Å². The lowest BCUT2D eigenvalue weighted by Gasteiger charge is -2.24. The molecule has 0 spiro atoms. The van der Waals surface area contributed by atoms with E-state index in [1.807, 2.05) is 0 Å². The van der Waals surface area contributed by atoms with Crippen LogP contribution in [0.25, 0.3) is 0 Å². The van der Waals surface area contributed by atoms with Crippen LogP contribution in [0.3, 0.4) is 0 Å². The molecule has 0 saturated heterocycles. The van der Waals surface area contributed by atoms with E-state index in [0.29, 0.717) is 5.56 Å². The van der Waals surface area contributed by atoms with Crippen LogP contribution in [0.4, 0.5) is 12.3 Å². The molecule has 1 aromatic carbocycles. The van der Waals surface area contributed by atoms with Gasteiger partial charge in [0.15, 0.2) is 0 Å². The topological polar surface area (TPSA) is 0 Å². The van der Waals surface area contributed by atoms with Gasteiger partial charge in [-0.15, -0.1) is 0 Å². The molecule has 0 atom stereocenters. The number of halogens is 3. The molecule has 88 valence electrons. The van der Waals surface area contributed by atoms with Gasteiger partial charge in [-0.3, -0.25) is 0 Å². The van der Waals surface area contributed by atoms with Gasteiger partial charge in [0.2, 0.25) is 0 Å². The molecule has 0 aromatic heterocycles. The fraction of sp³-hybridized carbons (Fsp3) is 0.500. The van der Waals surface area contributed by atoms with Gasteiger partial charge >= 0.3 is 9.08 Å². The van der Waals surface area contributed by atoms with E-state index in [1.165, 1.54) is 18.6 Å². The molecule has 0 amide bonds. The number of hydrogen-bond acceptors (Lipinski definition) is 0. The zero-order valence-corrected chi connectivity index (χ0v) is 10.1. The molecule has 0 aliphatic heterocycles. The van der Waals surface area contributed by atoms with Crippen molar-refractivity contribution in [2.75, 3.05) is 0 Å². The lowest BCUT2D eigenvalue weighted by molar-refractivity contribution is 0.441. The second-order valence-electron chi connectivity index (χ2n) is 4.42. The summed E-state index contributed by atoms with van der Waals surface area (Å²) in [6, 6.07) is 6.16. The summed E-state index contributed by atoms with van der Waals surface area (Å²) < 4.78 is 38.8. The van der Waals surface area contributed by atoms with Crippen LogP contribution < -0.4 is 5.19 Å². The van der Waals surface area contributed by atoms with Gasteiger partial charge in [0, 0.05) is 5.19 Å². The summed E-state index contributed by atoms with van der Waals surface area (Å²) >= 11 is 0. The summed E-state index contributed by atoms with van der Waals surface area (Å²) in [4.78, 5) is 0. The number of hydrogen-bond donors (Lipinski definition) is 0. The molecule has 0 unspecified atom stereocenters. The quantitative estimate of drug-likeness (QED) is 0.548. The highest BCUT2D eigenvalue weighted by molar-refractivity contribution is 6.74. The zero-order valence-electron chi connectivity index (χ0n) is 9.06. The molecule has 1 aliphatic rings. The van der Waals surface area contributed by atoms with E-state index in [1.54, 1.807) is 12.1 Å². The van der Waals surface area contributed by atoms with E-state index in [-0.39, 0.29) is 11.1 Å². The molecule has 0 bridgehead atoms. The Morgan fingerprint density at radius 3 is 2.19 bits per heavy atom. The van der Waals surface area contributed by atoms with Crippen LogP contribution >= 0.6 is 0 Å². The van der Waals surface area contributed by atoms with Crippen LogP contribution in [0.5, 0.6) is 0 Å². The van der Waals surface area contributed by atoms with Crippen molar-refractivity contribution in [3.05, 3.63) is 29.8 Å². The Balaban J connectivity index is 2.32. The Morgan fingerprint density at radius 2 is 1.56 bits per heavy atom. The first-order chi connectivity index (χ1) is 7.59. The summed E-state index contributed by atoms with van der Waals surface area (Å²) in [5.41, 5.74) is 0.557. The molecule has 0 nitrogen and oxygen atoms in total. The summed E-state index contributed by atoms with van der Waals surface area (Å²) in [7, 11) is -5.66. The third-order valence-electron chi connectivity index (χ3n) is 3.31. The molecule has 1 fully saturated rings. The van der Waals surface area contributed by atoms with Gasteiger partial charge in [-0.05, 0) is 24.3 Å². The van der Waals surface area contributed by atoms with E-state index in [0.717, 1.165) is 25.7 Å². The van der Waals surface area contributed by atoms with E-state index in [9.17, 15) is 12.3 Å². The first-order valence-electron chi connectivity index (χ1n) is 5.75. The standard InChI is InChI=1S/C12H15F3Si/c13-16(14,15)12-9-5-4-8-11(12)10-6-2-1-3-7-10/h4-5,8-10H,1-3,6-7H2. The van der Waals surface area contributed by atoms with Crippen molar-refractivity contribution in [2.24, 2.45) is 0 Å². The first kappa shape index (κ1) is 11.7. The number of rotatable bonds is 2. The van der Waals surface area contributed by atoms with Gasteiger partial charge in [-0.1, -0.05) is 43.5 Å². The van der Waals surface area contributed by atoms with Crippen LogP contribution in [0.1, 0.15) is 43.6 Å². The number of benzene rings is 1. The van der Waals surface area contributed by atoms with Crippen molar-refractivity contribution in [3.8, 4) is 0 Å². The smallest absolute Gasteiger partial charge is 0.234 e. The Hall–Kier alpha value is -0.773. The average Bonchev–Trinajstić information content (AvgIpc) is 2.29. The molecule has 0 radical (unpaired) electrons. The second kappa shape index (κ2) is 4.61. The van der Waals surface area contributed by atoms with E-state index < -0.39 is 9.08 Å². The van der Waals surface area contributed by atoms with E-state index in [2.05, 4.69) is 0 Å². The van der Waals surface area contributed by atoms with Crippen LogP contribution in [0.15, 0.2) is 24.3 Å². The monoisotopic (exact) mass is 244 g/mol. The highest BCUT2D eigenvalue weighted by atomic mass is 28.5. The molecule has 1 aliphatic carbocycles. The summed E-state index contributed by atoms with van der Waals surface area (Å²) in [5, 5.41) is -0.304. The van der Waals surface area contributed by atoms with Crippen molar-refractivity contribution in [2.45, 2.75) is 38.0 Å². The normalized spacial score (nSPS) is 18.7. The highest BCUT2D eigenvalue weighted by Crippen LogP contribution is 2.32. The van der Waals surface area contributed by atoms with Crippen molar-refractivity contribution in [1.82, 2.24) is 0 Å². The van der Waals surface area contributed by atoms with Crippen LogP contribution in [0.2, 0.25) is 0 Å². The lowest BCUT2D eigenvalue weighted by Crippen LogP contribution is -2.37. The van der Waals surface area contributed by atoms with Gasteiger partial charge in [-0.25, -0.2) is 12.3 Å². The van der Waals surface area contributed by atoms with Gasteiger partial charge < -0.3 is 0 Å². The minimum Gasteiger partial charge on any atom is -0.234 e. The molecule has 1 aromatic rings. The van der Waals surface area contributed by atoms with Gasteiger partial charge in [0.25, 0.3) is 0 Å².